The zero-order valence-electron chi connectivity index (χ0n) is 9.54. The highest BCUT2D eigenvalue weighted by atomic mass is 16.3. The Labute approximate surface area is 86.8 Å². The van der Waals surface area contributed by atoms with Crippen LogP contribution in [0.5, 0.6) is 0 Å². The molecule has 1 aromatic rings. The Kier molecular flexibility index (Phi) is 3.01. The fraction of sp³-hybridized carbons (Fsp3) is 0.538. The van der Waals surface area contributed by atoms with Crippen LogP contribution in [0, 0.1) is 5.41 Å². The van der Waals surface area contributed by atoms with E-state index >= 15 is 0 Å². The van der Waals surface area contributed by atoms with Crippen LogP contribution in [-0.2, 0) is 5.60 Å². The second-order valence-electron chi connectivity index (χ2n) is 4.83. The summed E-state index contributed by atoms with van der Waals surface area (Å²) >= 11 is 0. The second-order valence-corrected chi connectivity index (χ2v) is 4.83. The Bertz CT molecular complexity index is 284. The van der Waals surface area contributed by atoms with Crippen LogP contribution in [0.4, 0.5) is 0 Å². The third-order valence-electron chi connectivity index (χ3n) is 3.00. The lowest BCUT2D eigenvalue weighted by Gasteiger charge is -2.40. The molecule has 1 N–H and O–H groups in total. The normalized spacial score (nSPS) is 16.4. The SMILES string of the molecule is CCC(O)(c1ccccc1)C(C)(C)C. The van der Waals surface area contributed by atoms with Gasteiger partial charge in [0.15, 0.2) is 0 Å². The smallest absolute Gasteiger partial charge is 0.0941 e. The molecule has 0 heterocycles. The van der Waals surface area contributed by atoms with E-state index in [1.54, 1.807) is 0 Å². The molecular weight excluding hydrogens is 172 g/mol. The first-order chi connectivity index (χ1) is 6.42. The van der Waals surface area contributed by atoms with Crippen LogP contribution in [0.25, 0.3) is 0 Å². The summed E-state index contributed by atoms with van der Waals surface area (Å²) in [5, 5.41) is 10.6. The van der Waals surface area contributed by atoms with Crippen molar-refractivity contribution in [3.8, 4) is 0 Å². The summed E-state index contributed by atoms with van der Waals surface area (Å²) in [6, 6.07) is 9.91. The Morgan fingerprint density at radius 3 is 1.93 bits per heavy atom. The van der Waals surface area contributed by atoms with E-state index in [2.05, 4.69) is 20.8 Å². The number of rotatable bonds is 2. The third kappa shape index (κ3) is 1.83. The quantitative estimate of drug-likeness (QED) is 0.762. The summed E-state index contributed by atoms with van der Waals surface area (Å²) in [6.45, 7) is 8.24. The van der Waals surface area contributed by atoms with Gasteiger partial charge >= 0.3 is 0 Å². The second kappa shape index (κ2) is 3.74. The predicted octanol–water partition coefficient (Wildman–Crippen LogP) is 3.33. The number of hydrogen-bond acceptors (Lipinski definition) is 1. The molecule has 1 nitrogen and oxygen atoms in total. The molecule has 0 aliphatic heterocycles. The van der Waals surface area contributed by atoms with Crippen molar-refractivity contribution in [1.82, 2.24) is 0 Å². The standard InChI is InChI=1S/C13H20O/c1-5-13(14,12(2,3)4)11-9-7-6-8-10-11/h6-10,14H,5H2,1-4H3. The highest BCUT2D eigenvalue weighted by Crippen LogP contribution is 2.41. The molecule has 0 aliphatic carbocycles. The maximum Gasteiger partial charge on any atom is 0.0941 e. The van der Waals surface area contributed by atoms with Crippen molar-refractivity contribution in [3.05, 3.63) is 35.9 Å². The van der Waals surface area contributed by atoms with E-state index in [0.29, 0.717) is 0 Å². The number of aliphatic hydroxyl groups is 1. The topological polar surface area (TPSA) is 20.2 Å². The molecule has 1 unspecified atom stereocenters. The van der Waals surface area contributed by atoms with Crippen LogP contribution in [0.15, 0.2) is 30.3 Å². The minimum absolute atomic E-state index is 0.136. The third-order valence-corrected chi connectivity index (χ3v) is 3.00. The Balaban J connectivity index is 3.15. The van der Waals surface area contributed by atoms with Crippen LogP contribution < -0.4 is 0 Å². The van der Waals surface area contributed by atoms with E-state index in [4.69, 9.17) is 0 Å². The predicted molar refractivity (Wildman–Crippen MR) is 60.1 cm³/mol. The molecule has 1 rings (SSSR count). The molecule has 1 atom stereocenters. The van der Waals surface area contributed by atoms with Gasteiger partial charge in [-0.25, -0.2) is 0 Å². The van der Waals surface area contributed by atoms with Gasteiger partial charge in [-0.3, -0.25) is 0 Å². The highest BCUT2D eigenvalue weighted by Gasteiger charge is 2.39. The number of benzene rings is 1. The fourth-order valence-electron chi connectivity index (χ4n) is 1.88. The summed E-state index contributed by atoms with van der Waals surface area (Å²) in [4.78, 5) is 0. The lowest BCUT2D eigenvalue weighted by Crippen LogP contribution is -2.39. The summed E-state index contributed by atoms with van der Waals surface area (Å²) in [5.41, 5.74) is 0.146. The maximum atomic E-state index is 10.6. The van der Waals surface area contributed by atoms with Gasteiger partial charge in [0, 0.05) is 0 Å². The van der Waals surface area contributed by atoms with E-state index in [1.807, 2.05) is 37.3 Å². The largest absolute Gasteiger partial charge is 0.385 e. The van der Waals surface area contributed by atoms with Crippen molar-refractivity contribution in [1.29, 1.82) is 0 Å². The zero-order valence-corrected chi connectivity index (χ0v) is 9.54. The molecule has 0 saturated heterocycles. The summed E-state index contributed by atoms with van der Waals surface area (Å²) in [5.74, 6) is 0. The molecule has 0 saturated carbocycles. The number of hydrogen-bond donors (Lipinski definition) is 1. The van der Waals surface area contributed by atoms with Gasteiger partial charge in [0.05, 0.1) is 5.60 Å². The first-order valence-corrected chi connectivity index (χ1v) is 5.19. The molecule has 0 amide bonds. The average molecular weight is 192 g/mol. The van der Waals surface area contributed by atoms with Gasteiger partial charge in [0.1, 0.15) is 0 Å². The minimum atomic E-state index is -0.728. The average Bonchev–Trinajstić information content (AvgIpc) is 2.16. The van der Waals surface area contributed by atoms with Crippen LogP contribution in [0.3, 0.4) is 0 Å². The molecule has 0 radical (unpaired) electrons. The van der Waals surface area contributed by atoms with E-state index in [-0.39, 0.29) is 5.41 Å². The van der Waals surface area contributed by atoms with Gasteiger partial charge in [-0.15, -0.1) is 0 Å². The van der Waals surface area contributed by atoms with Crippen molar-refractivity contribution >= 4 is 0 Å². The summed E-state index contributed by atoms with van der Waals surface area (Å²) < 4.78 is 0. The zero-order chi connectivity index (χ0) is 10.8. The Hall–Kier alpha value is -0.820. The van der Waals surface area contributed by atoms with E-state index in [1.165, 1.54) is 0 Å². The van der Waals surface area contributed by atoms with Gasteiger partial charge in [0.2, 0.25) is 0 Å². The lowest BCUT2D eigenvalue weighted by atomic mass is 9.71. The molecular formula is C13H20O. The summed E-state index contributed by atoms with van der Waals surface area (Å²) in [7, 11) is 0. The van der Waals surface area contributed by atoms with Crippen LogP contribution in [-0.4, -0.2) is 5.11 Å². The van der Waals surface area contributed by atoms with Crippen LogP contribution in [0.1, 0.15) is 39.7 Å². The monoisotopic (exact) mass is 192 g/mol. The highest BCUT2D eigenvalue weighted by molar-refractivity contribution is 5.24. The van der Waals surface area contributed by atoms with E-state index in [9.17, 15) is 5.11 Å². The summed E-state index contributed by atoms with van der Waals surface area (Å²) in [6.07, 6.45) is 0.737. The van der Waals surface area contributed by atoms with Gasteiger partial charge in [-0.05, 0) is 17.4 Å². The van der Waals surface area contributed by atoms with E-state index < -0.39 is 5.60 Å². The van der Waals surface area contributed by atoms with Crippen molar-refractivity contribution in [2.75, 3.05) is 0 Å². The molecule has 0 fully saturated rings. The van der Waals surface area contributed by atoms with Crippen molar-refractivity contribution in [3.63, 3.8) is 0 Å². The lowest BCUT2D eigenvalue weighted by molar-refractivity contribution is -0.0674. The van der Waals surface area contributed by atoms with Gasteiger partial charge in [-0.2, -0.15) is 0 Å². The fourth-order valence-corrected chi connectivity index (χ4v) is 1.88. The van der Waals surface area contributed by atoms with Gasteiger partial charge < -0.3 is 5.11 Å². The van der Waals surface area contributed by atoms with E-state index in [0.717, 1.165) is 12.0 Å². The first-order valence-electron chi connectivity index (χ1n) is 5.19. The molecule has 0 spiro atoms. The Morgan fingerprint density at radius 1 is 1.07 bits per heavy atom. The molecule has 0 aliphatic rings. The van der Waals surface area contributed by atoms with Crippen LogP contribution >= 0.6 is 0 Å². The molecule has 0 bridgehead atoms. The molecule has 1 aromatic carbocycles. The van der Waals surface area contributed by atoms with Gasteiger partial charge in [-0.1, -0.05) is 58.0 Å². The molecule has 14 heavy (non-hydrogen) atoms. The van der Waals surface area contributed by atoms with Crippen molar-refractivity contribution in [2.45, 2.75) is 39.7 Å². The maximum absolute atomic E-state index is 10.6. The van der Waals surface area contributed by atoms with Crippen LogP contribution in [0.2, 0.25) is 0 Å². The van der Waals surface area contributed by atoms with Crippen molar-refractivity contribution in [2.24, 2.45) is 5.41 Å². The Morgan fingerprint density at radius 2 is 1.57 bits per heavy atom. The molecule has 0 aromatic heterocycles. The molecule has 1 heteroatoms. The van der Waals surface area contributed by atoms with Crippen molar-refractivity contribution < 1.29 is 5.11 Å². The molecule has 78 valence electrons. The first kappa shape index (κ1) is 11.3. The van der Waals surface area contributed by atoms with Gasteiger partial charge in [0.25, 0.3) is 0 Å². The minimum Gasteiger partial charge on any atom is -0.385 e.